The standard InChI is InChI=1S/C25H29F2N5O6S/c1-25(2,3)38-24(36)31-23-19(30-22(39-23)18-12(26)6-5-7-13(18)27)21(35)29-14-10-28-32(4)20(14)17-9-8-15(33)16(34)11-37-17/h5-7,10,15-17,33-34H,8-9,11H2,1-4H3,(H,29,35)(H,31,36). The number of halogens is 2. The highest BCUT2D eigenvalue weighted by atomic mass is 32.1. The van der Waals surface area contributed by atoms with Gasteiger partial charge in [-0.05, 0) is 45.7 Å². The third kappa shape index (κ3) is 6.58. The Bertz CT molecular complexity index is 1340. The summed E-state index contributed by atoms with van der Waals surface area (Å²) in [5.74, 6) is -2.56. The van der Waals surface area contributed by atoms with Gasteiger partial charge in [0.1, 0.15) is 39.5 Å². The van der Waals surface area contributed by atoms with Crippen molar-refractivity contribution in [3.8, 4) is 10.6 Å². The number of rotatable bonds is 5. The number of hydrogen-bond acceptors (Lipinski definition) is 9. The second-order valence-corrected chi connectivity index (χ2v) is 11.0. The molecule has 1 fully saturated rings. The van der Waals surface area contributed by atoms with Gasteiger partial charge < -0.3 is 25.0 Å². The van der Waals surface area contributed by atoms with Gasteiger partial charge in [-0.1, -0.05) is 17.4 Å². The summed E-state index contributed by atoms with van der Waals surface area (Å²) in [4.78, 5) is 30.1. The summed E-state index contributed by atoms with van der Waals surface area (Å²) < 4.78 is 41.5. The van der Waals surface area contributed by atoms with Crippen LogP contribution in [-0.4, -0.2) is 61.4 Å². The summed E-state index contributed by atoms with van der Waals surface area (Å²) in [6.07, 6.45) is -1.48. The molecule has 4 N–H and O–H groups in total. The van der Waals surface area contributed by atoms with Crippen molar-refractivity contribution in [1.29, 1.82) is 0 Å². The van der Waals surface area contributed by atoms with Crippen LogP contribution in [0.15, 0.2) is 24.4 Å². The molecule has 2 amide bonds. The summed E-state index contributed by atoms with van der Waals surface area (Å²) in [6.45, 7) is 4.86. The zero-order chi connectivity index (χ0) is 28.5. The van der Waals surface area contributed by atoms with E-state index in [0.29, 0.717) is 23.5 Å². The highest BCUT2D eigenvalue weighted by Gasteiger charge is 2.31. The summed E-state index contributed by atoms with van der Waals surface area (Å²) in [5, 5.41) is 29.0. The molecule has 3 atom stereocenters. The number of nitrogens with one attached hydrogen (secondary N) is 2. The van der Waals surface area contributed by atoms with Gasteiger partial charge in [-0.15, -0.1) is 0 Å². The number of nitrogens with zero attached hydrogens (tertiary/aromatic N) is 3. The molecule has 1 aliphatic rings. The molecule has 0 spiro atoms. The molecule has 3 unspecified atom stereocenters. The second kappa shape index (κ2) is 11.3. The molecule has 0 radical (unpaired) electrons. The van der Waals surface area contributed by atoms with E-state index in [-0.39, 0.29) is 34.4 Å². The van der Waals surface area contributed by atoms with Gasteiger partial charge in [-0.2, -0.15) is 5.10 Å². The van der Waals surface area contributed by atoms with Crippen LogP contribution in [0.3, 0.4) is 0 Å². The van der Waals surface area contributed by atoms with Crippen LogP contribution in [0.5, 0.6) is 0 Å². The molecule has 1 saturated heterocycles. The Morgan fingerprint density at radius 3 is 2.51 bits per heavy atom. The van der Waals surface area contributed by atoms with E-state index in [1.54, 1.807) is 27.8 Å². The monoisotopic (exact) mass is 565 g/mol. The van der Waals surface area contributed by atoms with Crippen LogP contribution in [0.25, 0.3) is 10.6 Å². The maximum absolute atomic E-state index is 14.5. The minimum Gasteiger partial charge on any atom is -0.444 e. The Morgan fingerprint density at radius 2 is 1.85 bits per heavy atom. The Balaban J connectivity index is 1.67. The van der Waals surface area contributed by atoms with Gasteiger partial charge in [0, 0.05) is 7.05 Å². The van der Waals surface area contributed by atoms with Gasteiger partial charge in [0.2, 0.25) is 0 Å². The number of thiazole rings is 1. The van der Waals surface area contributed by atoms with Crippen molar-refractivity contribution in [2.75, 3.05) is 17.2 Å². The lowest BCUT2D eigenvalue weighted by atomic mass is 10.1. The van der Waals surface area contributed by atoms with Crippen LogP contribution in [-0.2, 0) is 16.5 Å². The van der Waals surface area contributed by atoms with Crippen LogP contribution < -0.4 is 10.6 Å². The minimum atomic E-state index is -1.05. The van der Waals surface area contributed by atoms with Crippen LogP contribution in [0.4, 0.5) is 24.3 Å². The lowest BCUT2D eigenvalue weighted by Crippen LogP contribution is -2.28. The van der Waals surface area contributed by atoms with E-state index < -0.39 is 53.1 Å². The highest BCUT2D eigenvalue weighted by molar-refractivity contribution is 7.19. The van der Waals surface area contributed by atoms with E-state index in [2.05, 4.69) is 20.7 Å². The molecule has 1 aromatic carbocycles. The highest BCUT2D eigenvalue weighted by Crippen LogP contribution is 2.37. The number of carbonyl (C=O) groups excluding carboxylic acids is 2. The number of aromatic nitrogens is 3. The predicted octanol–water partition coefficient (Wildman–Crippen LogP) is 3.99. The van der Waals surface area contributed by atoms with Gasteiger partial charge in [0.15, 0.2) is 5.69 Å². The number of carbonyl (C=O) groups is 2. The topological polar surface area (TPSA) is 148 Å². The van der Waals surface area contributed by atoms with Crippen LogP contribution in [0, 0.1) is 11.6 Å². The summed E-state index contributed by atoms with van der Waals surface area (Å²) in [5.41, 5.74) is -0.858. The second-order valence-electron chi connectivity index (χ2n) is 9.98. The molecule has 14 heteroatoms. The van der Waals surface area contributed by atoms with Gasteiger partial charge in [0.05, 0.1) is 35.9 Å². The number of hydrogen-bond donors (Lipinski definition) is 4. The first-order chi connectivity index (χ1) is 18.3. The van der Waals surface area contributed by atoms with Crippen molar-refractivity contribution in [2.24, 2.45) is 7.05 Å². The van der Waals surface area contributed by atoms with Crippen LogP contribution in [0.1, 0.15) is 55.9 Å². The average Bonchev–Trinajstić information content (AvgIpc) is 3.35. The third-order valence-corrected chi connectivity index (χ3v) is 6.80. The normalized spacial score (nSPS) is 19.8. The molecule has 2 aromatic heterocycles. The number of benzene rings is 1. The van der Waals surface area contributed by atoms with E-state index in [9.17, 15) is 28.6 Å². The Morgan fingerprint density at radius 1 is 1.15 bits per heavy atom. The maximum Gasteiger partial charge on any atom is 0.412 e. The van der Waals surface area contributed by atoms with Crippen LogP contribution in [0.2, 0.25) is 0 Å². The van der Waals surface area contributed by atoms with E-state index in [0.717, 1.165) is 12.1 Å². The lowest BCUT2D eigenvalue weighted by Gasteiger charge is -2.19. The van der Waals surface area contributed by atoms with Gasteiger partial charge in [-0.3, -0.25) is 14.8 Å². The Labute approximate surface area is 226 Å². The zero-order valence-corrected chi connectivity index (χ0v) is 22.5. The average molecular weight is 566 g/mol. The van der Waals surface area contributed by atoms with Gasteiger partial charge >= 0.3 is 6.09 Å². The molecule has 0 aliphatic carbocycles. The molecular weight excluding hydrogens is 536 g/mol. The van der Waals surface area contributed by atoms with Crippen molar-refractivity contribution in [1.82, 2.24) is 14.8 Å². The number of anilines is 2. The van der Waals surface area contributed by atoms with Crippen molar-refractivity contribution in [2.45, 2.75) is 57.5 Å². The van der Waals surface area contributed by atoms with Gasteiger partial charge in [0.25, 0.3) is 5.91 Å². The summed E-state index contributed by atoms with van der Waals surface area (Å²) >= 11 is 0.710. The molecule has 0 saturated carbocycles. The maximum atomic E-state index is 14.5. The number of aliphatic hydroxyl groups excluding tert-OH is 2. The molecule has 4 rings (SSSR count). The molecule has 11 nitrogen and oxygen atoms in total. The SMILES string of the molecule is Cn1ncc(NC(=O)c2nc(-c3c(F)cccc3F)sc2NC(=O)OC(C)(C)C)c1C1CCC(O)C(O)CO1. The smallest absolute Gasteiger partial charge is 0.412 e. The molecule has 3 heterocycles. The fraction of sp³-hybridized carbons (Fsp3) is 0.440. The van der Waals surface area contributed by atoms with E-state index in [4.69, 9.17) is 9.47 Å². The number of aliphatic hydroxyl groups is 2. The van der Waals surface area contributed by atoms with E-state index in [1.165, 1.54) is 16.9 Å². The van der Waals surface area contributed by atoms with Crippen LogP contribution >= 0.6 is 11.3 Å². The fourth-order valence-electron chi connectivity index (χ4n) is 4.01. The first-order valence-corrected chi connectivity index (χ1v) is 12.9. The van der Waals surface area contributed by atoms with E-state index >= 15 is 0 Å². The molecular formula is C25H29F2N5O6S. The van der Waals surface area contributed by atoms with Crippen molar-refractivity contribution >= 4 is 34.0 Å². The first kappa shape index (κ1) is 28.5. The molecule has 3 aromatic rings. The van der Waals surface area contributed by atoms with Crippen molar-refractivity contribution < 1.29 is 38.1 Å². The number of amides is 2. The largest absolute Gasteiger partial charge is 0.444 e. The molecule has 1 aliphatic heterocycles. The fourth-order valence-corrected chi connectivity index (χ4v) is 5.01. The van der Waals surface area contributed by atoms with Crippen molar-refractivity contribution in [3.63, 3.8) is 0 Å². The first-order valence-electron chi connectivity index (χ1n) is 12.1. The van der Waals surface area contributed by atoms with E-state index in [1.807, 2.05) is 0 Å². The third-order valence-electron chi connectivity index (χ3n) is 5.81. The summed E-state index contributed by atoms with van der Waals surface area (Å²) in [6, 6.07) is 3.32. The zero-order valence-electron chi connectivity index (χ0n) is 21.7. The van der Waals surface area contributed by atoms with Crippen molar-refractivity contribution in [3.05, 3.63) is 47.4 Å². The Kier molecular flexibility index (Phi) is 8.30. The lowest BCUT2D eigenvalue weighted by molar-refractivity contribution is -0.0360. The quantitative estimate of drug-likeness (QED) is 0.363. The molecule has 39 heavy (non-hydrogen) atoms. The molecule has 210 valence electrons. The van der Waals surface area contributed by atoms with Gasteiger partial charge in [-0.25, -0.2) is 18.6 Å². The number of aryl methyl sites for hydroxylation is 1. The summed E-state index contributed by atoms with van der Waals surface area (Å²) in [7, 11) is 1.64. The predicted molar refractivity (Wildman–Crippen MR) is 138 cm³/mol. The minimum absolute atomic E-state index is 0.0817. The molecule has 0 bridgehead atoms. The Hall–Kier alpha value is -3.46. The number of ether oxygens (including phenoxy) is 2.